The molecule has 0 aliphatic carbocycles. The van der Waals surface area contributed by atoms with Crippen molar-refractivity contribution in [2.24, 2.45) is 0 Å². The van der Waals surface area contributed by atoms with Gasteiger partial charge in [-0.1, -0.05) is 0 Å². The number of fused-ring (bicyclic) bond motifs is 2. The minimum absolute atomic E-state index is 0.0924. The van der Waals surface area contributed by atoms with Gasteiger partial charge in [0.2, 0.25) is 9.84 Å². The molecule has 3 aromatic heterocycles. The van der Waals surface area contributed by atoms with Gasteiger partial charge in [-0.15, -0.1) is 5.10 Å². The van der Waals surface area contributed by atoms with E-state index in [1.165, 1.54) is 6.07 Å². The van der Waals surface area contributed by atoms with Crippen molar-refractivity contribution >= 4 is 32.3 Å². The number of nitrogens with one attached hydrogen (secondary N) is 2. The molecule has 0 saturated heterocycles. The molecule has 30 heavy (non-hydrogen) atoms. The zero-order valence-electron chi connectivity index (χ0n) is 14.8. The average Bonchev–Trinajstić information content (AvgIpc) is 3.26. The molecule has 4 aromatic rings. The van der Waals surface area contributed by atoms with Gasteiger partial charge >= 0.3 is 6.18 Å². The van der Waals surface area contributed by atoms with Gasteiger partial charge in [0.15, 0.2) is 28.8 Å². The predicted octanol–water partition coefficient (Wildman–Crippen LogP) is 2.31. The van der Waals surface area contributed by atoms with Crippen LogP contribution < -0.4 is 5.32 Å². The fourth-order valence-corrected chi connectivity index (χ4v) is 3.14. The summed E-state index contributed by atoms with van der Waals surface area (Å²) in [6.45, 7) is -0.236. The summed E-state index contributed by atoms with van der Waals surface area (Å²) in [5.74, 6) is -2.49. The Labute approximate surface area is 163 Å². The number of rotatable bonds is 4. The molecule has 2 N–H and O–H groups in total. The third-order valence-corrected chi connectivity index (χ3v) is 4.82. The molecule has 15 heteroatoms. The number of sulfone groups is 1. The highest BCUT2D eigenvalue weighted by Crippen LogP contribution is 2.30. The van der Waals surface area contributed by atoms with Gasteiger partial charge in [0.1, 0.15) is 11.3 Å². The molecule has 0 saturated carbocycles. The summed E-state index contributed by atoms with van der Waals surface area (Å²) in [5, 5.41) is 5.16. The zero-order valence-corrected chi connectivity index (χ0v) is 15.6. The van der Waals surface area contributed by atoms with Gasteiger partial charge < -0.3 is 10.3 Å². The van der Waals surface area contributed by atoms with Crippen LogP contribution in [-0.4, -0.2) is 44.2 Å². The first kappa shape index (κ1) is 19.9. The number of anilines is 1. The Morgan fingerprint density at radius 1 is 1.20 bits per heavy atom. The van der Waals surface area contributed by atoms with Crippen LogP contribution in [-0.2, 0) is 22.6 Å². The Morgan fingerprint density at radius 3 is 2.60 bits per heavy atom. The minimum Gasteiger partial charge on any atom is -0.360 e. The molecular weight excluding hydrogens is 437 g/mol. The molecular formula is C15H10F5N7O2S. The van der Waals surface area contributed by atoms with E-state index in [1.807, 2.05) is 0 Å². The first-order valence-corrected chi connectivity index (χ1v) is 9.94. The van der Waals surface area contributed by atoms with Crippen LogP contribution in [0.4, 0.5) is 27.8 Å². The standard InChI is InChI=1S/C15H10F5N7O2S/c1-30(28,29)14-25-12(13-22-4-8(15(18,19)20)27(13)26-14)21-5-9-23-7-3-2-6(16)10(17)11(7)24-9/h2-4H,5H2,1H3,(H,23,24)(H,21,25,26). The minimum atomic E-state index is -4.85. The Kier molecular flexibility index (Phi) is 4.37. The van der Waals surface area contributed by atoms with Crippen LogP contribution in [0.15, 0.2) is 23.5 Å². The van der Waals surface area contributed by atoms with E-state index in [0.29, 0.717) is 10.7 Å². The first-order valence-electron chi connectivity index (χ1n) is 8.04. The highest BCUT2D eigenvalue weighted by Gasteiger charge is 2.36. The number of aromatic amines is 1. The van der Waals surface area contributed by atoms with Crippen molar-refractivity contribution < 1.29 is 30.4 Å². The number of aromatic nitrogens is 6. The number of hydrogen-bond donors (Lipinski definition) is 2. The SMILES string of the molecule is CS(=O)(=O)c1nc(NCc2nc3c(F)c(F)ccc3[nH]2)c2ncc(C(F)(F)F)n2n1. The van der Waals surface area contributed by atoms with Gasteiger partial charge in [-0.05, 0) is 12.1 Å². The Balaban J connectivity index is 1.77. The van der Waals surface area contributed by atoms with Crippen LogP contribution in [0, 0.1) is 11.6 Å². The normalized spacial score (nSPS) is 12.7. The third-order valence-electron chi connectivity index (χ3n) is 3.98. The molecule has 1 aromatic carbocycles. The summed E-state index contributed by atoms with van der Waals surface area (Å²) < 4.78 is 90.6. The van der Waals surface area contributed by atoms with Gasteiger partial charge in [-0.2, -0.15) is 18.2 Å². The summed E-state index contributed by atoms with van der Waals surface area (Å²) in [6, 6.07) is 2.17. The molecule has 3 heterocycles. The van der Waals surface area contributed by atoms with Crippen molar-refractivity contribution in [1.29, 1.82) is 0 Å². The molecule has 0 amide bonds. The first-order chi connectivity index (χ1) is 13.9. The van der Waals surface area contributed by atoms with E-state index in [2.05, 4.69) is 30.4 Å². The maximum Gasteiger partial charge on any atom is 0.435 e. The van der Waals surface area contributed by atoms with Crippen molar-refractivity contribution in [2.75, 3.05) is 11.6 Å². The van der Waals surface area contributed by atoms with E-state index in [9.17, 15) is 30.4 Å². The summed E-state index contributed by atoms with van der Waals surface area (Å²) in [7, 11) is -4.06. The van der Waals surface area contributed by atoms with Crippen LogP contribution in [0.1, 0.15) is 11.5 Å². The Morgan fingerprint density at radius 2 is 1.93 bits per heavy atom. The topological polar surface area (TPSA) is 118 Å². The summed E-state index contributed by atoms with van der Waals surface area (Å²) >= 11 is 0. The Hall–Kier alpha value is -3.36. The summed E-state index contributed by atoms with van der Waals surface area (Å²) in [4.78, 5) is 13.9. The number of benzene rings is 1. The monoisotopic (exact) mass is 447 g/mol. The van der Waals surface area contributed by atoms with Gasteiger partial charge in [0, 0.05) is 6.26 Å². The number of hydrogen-bond acceptors (Lipinski definition) is 7. The van der Waals surface area contributed by atoms with E-state index in [-0.39, 0.29) is 34.9 Å². The van der Waals surface area contributed by atoms with Crippen molar-refractivity contribution in [2.45, 2.75) is 17.9 Å². The number of nitrogens with zero attached hydrogens (tertiary/aromatic N) is 5. The second kappa shape index (κ2) is 6.58. The highest BCUT2D eigenvalue weighted by molar-refractivity contribution is 7.90. The Bertz CT molecular complexity index is 1390. The summed E-state index contributed by atoms with van der Waals surface area (Å²) in [5.41, 5.74) is -1.76. The lowest BCUT2D eigenvalue weighted by Gasteiger charge is -2.09. The summed E-state index contributed by atoms with van der Waals surface area (Å²) in [6.07, 6.45) is -3.63. The van der Waals surface area contributed by atoms with Gasteiger partial charge in [0.25, 0.3) is 5.16 Å². The molecule has 0 unspecified atom stereocenters. The number of imidazole rings is 2. The molecule has 0 spiro atoms. The molecule has 0 aliphatic heterocycles. The second-order valence-corrected chi connectivity index (χ2v) is 8.10. The average molecular weight is 447 g/mol. The fraction of sp³-hybridized carbons (Fsp3) is 0.200. The van der Waals surface area contributed by atoms with E-state index < -0.39 is 38.5 Å². The lowest BCUT2D eigenvalue weighted by atomic mass is 10.3. The third kappa shape index (κ3) is 3.40. The molecule has 0 radical (unpaired) electrons. The largest absolute Gasteiger partial charge is 0.435 e. The van der Waals surface area contributed by atoms with Crippen molar-refractivity contribution in [3.8, 4) is 0 Å². The van der Waals surface area contributed by atoms with E-state index >= 15 is 0 Å². The van der Waals surface area contributed by atoms with E-state index in [4.69, 9.17) is 0 Å². The number of H-pyrrole nitrogens is 1. The lowest BCUT2D eigenvalue weighted by molar-refractivity contribution is -0.142. The highest BCUT2D eigenvalue weighted by atomic mass is 32.2. The predicted molar refractivity (Wildman–Crippen MR) is 92.2 cm³/mol. The second-order valence-electron chi connectivity index (χ2n) is 6.19. The fourth-order valence-electron chi connectivity index (χ4n) is 2.65. The van der Waals surface area contributed by atoms with Crippen LogP contribution in [0.5, 0.6) is 0 Å². The number of alkyl halides is 3. The van der Waals surface area contributed by atoms with E-state index in [0.717, 1.165) is 12.3 Å². The molecule has 158 valence electrons. The van der Waals surface area contributed by atoms with Crippen LogP contribution in [0.2, 0.25) is 0 Å². The maximum absolute atomic E-state index is 13.8. The van der Waals surface area contributed by atoms with Crippen LogP contribution in [0.25, 0.3) is 16.7 Å². The van der Waals surface area contributed by atoms with Crippen molar-refractivity contribution in [1.82, 2.24) is 29.5 Å². The van der Waals surface area contributed by atoms with Crippen LogP contribution in [0.3, 0.4) is 0 Å². The van der Waals surface area contributed by atoms with E-state index in [1.54, 1.807) is 0 Å². The van der Waals surface area contributed by atoms with Gasteiger partial charge in [-0.25, -0.2) is 31.7 Å². The maximum atomic E-state index is 13.8. The molecule has 0 atom stereocenters. The lowest BCUT2D eigenvalue weighted by Crippen LogP contribution is -2.16. The van der Waals surface area contributed by atoms with Gasteiger partial charge in [0.05, 0.1) is 18.3 Å². The van der Waals surface area contributed by atoms with Crippen LogP contribution >= 0.6 is 0 Å². The molecule has 0 aliphatic rings. The van der Waals surface area contributed by atoms with Crippen molar-refractivity contribution in [3.63, 3.8) is 0 Å². The molecule has 9 nitrogen and oxygen atoms in total. The quantitative estimate of drug-likeness (QED) is 0.461. The van der Waals surface area contributed by atoms with Gasteiger partial charge in [-0.3, -0.25) is 0 Å². The molecule has 0 fully saturated rings. The molecule has 0 bridgehead atoms. The smallest absolute Gasteiger partial charge is 0.360 e. The zero-order chi connectivity index (χ0) is 21.8. The number of halogens is 5. The van der Waals surface area contributed by atoms with Crippen molar-refractivity contribution in [3.05, 3.63) is 41.5 Å². The molecule has 4 rings (SSSR count).